The van der Waals surface area contributed by atoms with Crippen LogP contribution in [0.25, 0.3) is 0 Å². The molecule has 0 bridgehead atoms. The molecule has 0 aromatic heterocycles. The highest BCUT2D eigenvalue weighted by molar-refractivity contribution is 8.00. The number of thioether (sulfide) groups is 1. The molecular weight excluding hydrogens is 204 g/mol. The standard InChI is InChI=1S/C13H16OS/c1-9(10(2)14)7-12-8-11-5-3-4-6-13(11)15-12/h3-6,9,12H,7-8H2,1-2H3. The van der Waals surface area contributed by atoms with Gasteiger partial charge in [0.1, 0.15) is 5.78 Å². The Morgan fingerprint density at radius 2 is 2.27 bits per heavy atom. The maximum absolute atomic E-state index is 11.2. The lowest BCUT2D eigenvalue weighted by atomic mass is 9.98. The second-order valence-corrected chi connectivity index (χ2v) is 5.64. The smallest absolute Gasteiger partial charge is 0.132 e. The predicted molar refractivity (Wildman–Crippen MR) is 64.3 cm³/mol. The molecule has 0 radical (unpaired) electrons. The highest BCUT2D eigenvalue weighted by Gasteiger charge is 2.24. The number of ketones is 1. The first kappa shape index (κ1) is 10.7. The molecule has 0 amide bonds. The van der Waals surface area contributed by atoms with Gasteiger partial charge in [-0.05, 0) is 31.4 Å². The molecule has 0 saturated heterocycles. The second kappa shape index (κ2) is 4.40. The van der Waals surface area contributed by atoms with Gasteiger partial charge in [0, 0.05) is 16.1 Å². The Balaban J connectivity index is 1.99. The van der Waals surface area contributed by atoms with Gasteiger partial charge >= 0.3 is 0 Å². The Bertz CT molecular complexity index is 348. The largest absolute Gasteiger partial charge is 0.300 e. The van der Waals surface area contributed by atoms with E-state index in [9.17, 15) is 4.79 Å². The summed E-state index contributed by atoms with van der Waals surface area (Å²) >= 11 is 1.93. The Hall–Kier alpha value is -0.760. The zero-order chi connectivity index (χ0) is 10.8. The molecule has 1 aliphatic rings. The zero-order valence-electron chi connectivity index (χ0n) is 9.19. The van der Waals surface area contributed by atoms with Gasteiger partial charge in [0.25, 0.3) is 0 Å². The van der Waals surface area contributed by atoms with Crippen LogP contribution in [0.15, 0.2) is 29.2 Å². The number of carbonyl (C=O) groups excluding carboxylic acids is 1. The normalized spacial score (nSPS) is 21.1. The summed E-state index contributed by atoms with van der Waals surface area (Å²) in [7, 11) is 0. The van der Waals surface area contributed by atoms with Crippen molar-refractivity contribution in [3.63, 3.8) is 0 Å². The van der Waals surface area contributed by atoms with Crippen LogP contribution in [0.1, 0.15) is 25.8 Å². The minimum absolute atomic E-state index is 0.205. The number of benzene rings is 1. The first-order chi connectivity index (χ1) is 7.16. The number of Topliss-reactive ketones (excluding diaryl/α,β-unsaturated/α-hetero) is 1. The summed E-state index contributed by atoms with van der Waals surface area (Å²) < 4.78 is 0. The minimum Gasteiger partial charge on any atom is -0.300 e. The number of hydrogen-bond acceptors (Lipinski definition) is 2. The molecule has 0 spiro atoms. The van der Waals surface area contributed by atoms with Crippen LogP contribution in [0.5, 0.6) is 0 Å². The van der Waals surface area contributed by atoms with Gasteiger partial charge in [-0.3, -0.25) is 4.79 Å². The SMILES string of the molecule is CC(=O)C(C)CC1Cc2ccccc2S1. The Morgan fingerprint density at radius 3 is 2.93 bits per heavy atom. The van der Waals surface area contributed by atoms with E-state index < -0.39 is 0 Å². The van der Waals surface area contributed by atoms with Crippen molar-refractivity contribution in [2.24, 2.45) is 5.92 Å². The summed E-state index contributed by atoms with van der Waals surface area (Å²) in [4.78, 5) is 12.6. The lowest BCUT2D eigenvalue weighted by Crippen LogP contribution is -2.13. The van der Waals surface area contributed by atoms with Crippen LogP contribution in [0.2, 0.25) is 0 Å². The minimum atomic E-state index is 0.205. The van der Waals surface area contributed by atoms with Gasteiger partial charge in [-0.1, -0.05) is 25.1 Å². The van der Waals surface area contributed by atoms with Crippen molar-refractivity contribution in [3.05, 3.63) is 29.8 Å². The maximum atomic E-state index is 11.2. The van der Waals surface area contributed by atoms with Gasteiger partial charge in [-0.25, -0.2) is 0 Å². The van der Waals surface area contributed by atoms with E-state index in [1.807, 2.05) is 18.7 Å². The molecule has 0 fully saturated rings. The third-order valence-electron chi connectivity index (χ3n) is 3.02. The lowest BCUT2D eigenvalue weighted by Gasteiger charge is -2.12. The van der Waals surface area contributed by atoms with Gasteiger partial charge in [0.05, 0.1) is 0 Å². The first-order valence-corrected chi connectivity index (χ1v) is 6.30. The first-order valence-electron chi connectivity index (χ1n) is 5.42. The Kier molecular flexibility index (Phi) is 3.15. The zero-order valence-corrected chi connectivity index (χ0v) is 10.0. The fourth-order valence-electron chi connectivity index (χ4n) is 1.95. The molecule has 2 atom stereocenters. The molecule has 1 heterocycles. The van der Waals surface area contributed by atoms with Gasteiger partial charge in [0.2, 0.25) is 0 Å². The van der Waals surface area contributed by atoms with Crippen LogP contribution in [0.4, 0.5) is 0 Å². The van der Waals surface area contributed by atoms with E-state index in [2.05, 4.69) is 24.3 Å². The number of carbonyl (C=O) groups is 1. The van der Waals surface area contributed by atoms with E-state index in [1.165, 1.54) is 10.5 Å². The van der Waals surface area contributed by atoms with E-state index in [4.69, 9.17) is 0 Å². The lowest BCUT2D eigenvalue weighted by molar-refractivity contribution is -0.120. The fraction of sp³-hybridized carbons (Fsp3) is 0.462. The molecule has 80 valence electrons. The van der Waals surface area contributed by atoms with Gasteiger partial charge < -0.3 is 0 Å². The third kappa shape index (κ3) is 2.43. The van der Waals surface area contributed by atoms with Gasteiger partial charge in [0.15, 0.2) is 0 Å². The number of rotatable bonds is 3. The molecule has 2 heteroatoms. The molecule has 15 heavy (non-hydrogen) atoms. The maximum Gasteiger partial charge on any atom is 0.132 e. The average Bonchev–Trinajstić information content (AvgIpc) is 2.59. The second-order valence-electron chi connectivity index (χ2n) is 4.30. The molecule has 2 rings (SSSR count). The Morgan fingerprint density at radius 1 is 1.53 bits per heavy atom. The Labute approximate surface area is 95.3 Å². The van der Waals surface area contributed by atoms with Crippen molar-refractivity contribution >= 4 is 17.5 Å². The predicted octanol–water partition coefficient (Wildman–Crippen LogP) is 3.32. The fourth-order valence-corrected chi connectivity index (χ4v) is 3.41. The molecule has 1 aromatic rings. The quantitative estimate of drug-likeness (QED) is 0.777. The number of hydrogen-bond donors (Lipinski definition) is 0. The van der Waals surface area contributed by atoms with Crippen molar-refractivity contribution < 1.29 is 4.79 Å². The van der Waals surface area contributed by atoms with Crippen molar-refractivity contribution in [2.45, 2.75) is 36.8 Å². The van der Waals surface area contributed by atoms with Crippen molar-refractivity contribution in [3.8, 4) is 0 Å². The summed E-state index contributed by atoms with van der Waals surface area (Å²) in [5, 5.41) is 0.598. The van der Waals surface area contributed by atoms with E-state index in [0.29, 0.717) is 11.0 Å². The number of fused-ring (bicyclic) bond motifs is 1. The van der Waals surface area contributed by atoms with Crippen LogP contribution in [0, 0.1) is 5.92 Å². The van der Waals surface area contributed by atoms with Gasteiger partial charge in [-0.2, -0.15) is 0 Å². The van der Waals surface area contributed by atoms with Crippen molar-refractivity contribution in [2.75, 3.05) is 0 Å². The van der Waals surface area contributed by atoms with Crippen molar-refractivity contribution in [1.82, 2.24) is 0 Å². The molecule has 0 saturated carbocycles. The van der Waals surface area contributed by atoms with Gasteiger partial charge in [-0.15, -0.1) is 11.8 Å². The highest BCUT2D eigenvalue weighted by atomic mass is 32.2. The molecule has 0 N–H and O–H groups in total. The van der Waals surface area contributed by atoms with E-state index in [1.54, 1.807) is 6.92 Å². The molecule has 1 nitrogen and oxygen atoms in total. The van der Waals surface area contributed by atoms with Crippen LogP contribution in [-0.2, 0) is 11.2 Å². The average molecular weight is 220 g/mol. The highest BCUT2D eigenvalue weighted by Crippen LogP contribution is 2.39. The van der Waals surface area contributed by atoms with E-state index in [0.717, 1.165) is 12.8 Å². The topological polar surface area (TPSA) is 17.1 Å². The summed E-state index contributed by atoms with van der Waals surface area (Å²) in [6.45, 7) is 3.73. The molecule has 0 aliphatic carbocycles. The molecular formula is C13H16OS. The van der Waals surface area contributed by atoms with Crippen molar-refractivity contribution in [1.29, 1.82) is 0 Å². The van der Waals surface area contributed by atoms with Crippen LogP contribution in [0.3, 0.4) is 0 Å². The summed E-state index contributed by atoms with van der Waals surface area (Å²) in [5.74, 6) is 0.517. The molecule has 1 aliphatic heterocycles. The van der Waals surface area contributed by atoms with Crippen LogP contribution >= 0.6 is 11.8 Å². The summed E-state index contributed by atoms with van der Waals surface area (Å²) in [6.07, 6.45) is 2.13. The van der Waals surface area contributed by atoms with Crippen LogP contribution in [-0.4, -0.2) is 11.0 Å². The molecule has 2 unspecified atom stereocenters. The van der Waals surface area contributed by atoms with E-state index in [-0.39, 0.29) is 5.92 Å². The molecule has 1 aromatic carbocycles. The summed E-state index contributed by atoms with van der Waals surface area (Å²) in [6, 6.07) is 8.55. The monoisotopic (exact) mass is 220 g/mol. The third-order valence-corrected chi connectivity index (χ3v) is 4.37. The summed E-state index contributed by atoms with van der Waals surface area (Å²) in [5.41, 5.74) is 1.45. The van der Waals surface area contributed by atoms with E-state index >= 15 is 0 Å². The van der Waals surface area contributed by atoms with Crippen LogP contribution < -0.4 is 0 Å².